The predicted molar refractivity (Wildman–Crippen MR) is 62.3 cm³/mol. The van der Waals surface area contributed by atoms with Gasteiger partial charge in [0.25, 0.3) is 0 Å². The summed E-state index contributed by atoms with van der Waals surface area (Å²) < 4.78 is 0. The Morgan fingerprint density at radius 1 is 1.59 bits per heavy atom. The van der Waals surface area contributed by atoms with E-state index in [1.807, 2.05) is 0 Å². The number of hydrogen-bond acceptors (Lipinski definition) is 6. The number of carbonyl (C=O) groups is 1. The van der Waals surface area contributed by atoms with E-state index in [1.165, 1.54) is 18.3 Å². The number of nitrogens with zero attached hydrogens (tertiary/aromatic N) is 1. The number of nitrogens with one attached hydrogen (secondary N) is 1. The molecule has 2 atom stereocenters. The minimum Gasteiger partial charge on any atom is -0.390 e. The lowest BCUT2D eigenvalue weighted by atomic mass is 10.1. The lowest BCUT2D eigenvalue weighted by molar-refractivity contribution is -0.119. The van der Waals surface area contributed by atoms with Crippen LogP contribution in [0.1, 0.15) is 30.2 Å². The van der Waals surface area contributed by atoms with Crippen LogP contribution in [0.2, 0.25) is 0 Å². The number of thiazole rings is 1. The van der Waals surface area contributed by atoms with Crippen molar-refractivity contribution in [2.24, 2.45) is 0 Å². The zero-order chi connectivity index (χ0) is 12.8. The van der Waals surface area contributed by atoms with Crippen molar-refractivity contribution in [1.29, 1.82) is 0 Å². The molecule has 17 heavy (non-hydrogen) atoms. The molecular formula is C10H16N2O4S. The number of aromatic nitrogens is 1. The van der Waals surface area contributed by atoms with Crippen molar-refractivity contribution in [2.75, 3.05) is 6.54 Å². The molecule has 0 aliphatic rings. The maximum Gasteiger partial charge on any atom is 0.216 e. The molecule has 4 N–H and O–H groups in total. The first-order chi connectivity index (χ1) is 8.04. The summed E-state index contributed by atoms with van der Waals surface area (Å²) in [7, 11) is 0. The van der Waals surface area contributed by atoms with Gasteiger partial charge in [-0.15, -0.1) is 11.3 Å². The predicted octanol–water partition coefficient (Wildman–Crippen LogP) is -0.444. The highest BCUT2D eigenvalue weighted by Gasteiger charge is 2.21. The third kappa shape index (κ3) is 4.39. The number of aliphatic hydroxyl groups is 3. The maximum absolute atomic E-state index is 10.6. The van der Waals surface area contributed by atoms with E-state index < -0.39 is 12.2 Å². The highest BCUT2D eigenvalue weighted by Crippen LogP contribution is 2.22. The number of aliphatic hydroxyl groups excluding tert-OH is 3. The van der Waals surface area contributed by atoms with Crippen molar-refractivity contribution >= 4 is 17.2 Å². The summed E-state index contributed by atoms with van der Waals surface area (Å²) in [5, 5.41) is 32.8. The lowest BCUT2D eigenvalue weighted by Gasteiger charge is -2.15. The first-order valence-corrected chi connectivity index (χ1v) is 6.08. The van der Waals surface area contributed by atoms with Gasteiger partial charge in [0.2, 0.25) is 5.91 Å². The Morgan fingerprint density at radius 3 is 2.82 bits per heavy atom. The minimum absolute atomic E-state index is 0.177. The number of rotatable bonds is 6. The van der Waals surface area contributed by atoms with Gasteiger partial charge in [-0.2, -0.15) is 0 Å². The van der Waals surface area contributed by atoms with Crippen LogP contribution < -0.4 is 5.32 Å². The minimum atomic E-state index is -1.09. The fourth-order valence-electron chi connectivity index (χ4n) is 1.25. The highest BCUT2D eigenvalue weighted by molar-refractivity contribution is 7.09. The van der Waals surface area contributed by atoms with Gasteiger partial charge in [-0.05, 0) is 6.42 Å². The fourth-order valence-corrected chi connectivity index (χ4v) is 2.10. The molecular weight excluding hydrogens is 244 g/mol. The molecule has 1 heterocycles. The first kappa shape index (κ1) is 14.0. The second-order valence-corrected chi connectivity index (χ2v) is 4.51. The molecule has 0 aromatic carbocycles. The molecule has 0 aliphatic heterocycles. The molecule has 0 bridgehead atoms. The molecule has 0 saturated heterocycles. The third-order valence-electron chi connectivity index (χ3n) is 2.16. The van der Waals surface area contributed by atoms with Gasteiger partial charge in [0.05, 0.1) is 18.4 Å². The normalized spacial score (nSPS) is 14.4. The first-order valence-electron chi connectivity index (χ1n) is 5.20. The largest absolute Gasteiger partial charge is 0.390 e. The topological polar surface area (TPSA) is 103 Å². The third-order valence-corrected chi connectivity index (χ3v) is 3.13. The average Bonchev–Trinajstić information content (AvgIpc) is 2.75. The molecule has 0 fully saturated rings. The molecule has 7 heteroatoms. The Labute approximate surface area is 103 Å². The molecule has 1 rings (SSSR count). The van der Waals surface area contributed by atoms with Crippen LogP contribution in [0.15, 0.2) is 5.38 Å². The van der Waals surface area contributed by atoms with Crippen LogP contribution in [-0.4, -0.2) is 38.9 Å². The Bertz CT molecular complexity index is 369. The van der Waals surface area contributed by atoms with Crippen LogP contribution in [0.5, 0.6) is 0 Å². The standard InChI is InChI=1S/C10H16N2O4S/c1-6(14)11-3-2-8(15)9(16)10-12-7(4-13)5-17-10/h5,8-9,13,15-16H,2-4H2,1H3,(H,11,14). The second kappa shape index (κ2) is 6.65. The zero-order valence-electron chi connectivity index (χ0n) is 9.46. The molecule has 96 valence electrons. The van der Waals surface area contributed by atoms with Crippen LogP contribution in [0.3, 0.4) is 0 Å². The molecule has 0 radical (unpaired) electrons. The van der Waals surface area contributed by atoms with Crippen LogP contribution in [0.4, 0.5) is 0 Å². The smallest absolute Gasteiger partial charge is 0.216 e. The van der Waals surface area contributed by atoms with Gasteiger partial charge < -0.3 is 20.6 Å². The van der Waals surface area contributed by atoms with Gasteiger partial charge in [-0.25, -0.2) is 4.98 Å². The summed E-state index contributed by atoms with van der Waals surface area (Å²) in [6.45, 7) is 1.49. The van der Waals surface area contributed by atoms with Crippen molar-refractivity contribution < 1.29 is 20.1 Å². The summed E-state index contributed by atoms with van der Waals surface area (Å²) in [4.78, 5) is 14.6. The second-order valence-electron chi connectivity index (χ2n) is 3.62. The summed E-state index contributed by atoms with van der Waals surface area (Å²) in [6.07, 6.45) is -1.83. The Morgan fingerprint density at radius 2 is 2.29 bits per heavy atom. The van der Waals surface area contributed by atoms with Crippen LogP contribution in [-0.2, 0) is 11.4 Å². The zero-order valence-corrected chi connectivity index (χ0v) is 10.3. The van der Waals surface area contributed by atoms with E-state index >= 15 is 0 Å². The van der Waals surface area contributed by atoms with E-state index in [9.17, 15) is 15.0 Å². The summed E-state index contributed by atoms with van der Waals surface area (Å²) in [6, 6.07) is 0. The van der Waals surface area contributed by atoms with Gasteiger partial charge in [0.1, 0.15) is 11.1 Å². The van der Waals surface area contributed by atoms with E-state index in [-0.39, 0.29) is 18.9 Å². The molecule has 6 nitrogen and oxygen atoms in total. The Kier molecular flexibility index (Phi) is 5.49. The number of carbonyl (C=O) groups excluding carboxylic acids is 1. The molecule has 1 aromatic rings. The van der Waals surface area contributed by atoms with Crippen molar-refractivity contribution in [3.8, 4) is 0 Å². The van der Waals surface area contributed by atoms with Gasteiger partial charge in [0, 0.05) is 18.8 Å². The van der Waals surface area contributed by atoms with E-state index in [0.717, 1.165) is 0 Å². The summed E-state index contributed by atoms with van der Waals surface area (Å²) >= 11 is 1.18. The molecule has 0 spiro atoms. The van der Waals surface area contributed by atoms with Gasteiger partial charge in [0.15, 0.2) is 0 Å². The van der Waals surface area contributed by atoms with Crippen LogP contribution in [0.25, 0.3) is 0 Å². The van der Waals surface area contributed by atoms with Crippen molar-refractivity contribution in [1.82, 2.24) is 10.3 Å². The highest BCUT2D eigenvalue weighted by atomic mass is 32.1. The van der Waals surface area contributed by atoms with Crippen molar-refractivity contribution in [3.63, 3.8) is 0 Å². The fraction of sp³-hybridized carbons (Fsp3) is 0.600. The maximum atomic E-state index is 10.6. The van der Waals surface area contributed by atoms with E-state index in [1.54, 1.807) is 5.38 Å². The van der Waals surface area contributed by atoms with Crippen molar-refractivity contribution in [3.05, 3.63) is 16.1 Å². The average molecular weight is 260 g/mol. The van der Waals surface area contributed by atoms with Crippen molar-refractivity contribution in [2.45, 2.75) is 32.2 Å². The molecule has 0 aliphatic carbocycles. The van der Waals surface area contributed by atoms with Gasteiger partial charge >= 0.3 is 0 Å². The van der Waals surface area contributed by atoms with E-state index in [2.05, 4.69) is 10.3 Å². The Hall–Kier alpha value is -1.02. The Balaban J connectivity index is 2.45. The van der Waals surface area contributed by atoms with Crippen LogP contribution >= 0.6 is 11.3 Å². The quantitative estimate of drug-likeness (QED) is 0.555. The number of amides is 1. The lowest BCUT2D eigenvalue weighted by Crippen LogP contribution is -2.27. The monoisotopic (exact) mass is 260 g/mol. The number of hydrogen-bond donors (Lipinski definition) is 4. The summed E-state index contributed by atoms with van der Waals surface area (Å²) in [5.41, 5.74) is 0.470. The van der Waals surface area contributed by atoms with Crippen LogP contribution in [0, 0.1) is 0 Å². The van der Waals surface area contributed by atoms with E-state index in [4.69, 9.17) is 5.11 Å². The van der Waals surface area contributed by atoms with E-state index in [0.29, 0.717) is 17.2 Å². The SMILES string of the molecule is CC(=O)NCCC(O)C(O)c1nc(CO)cs1. The molecule has 0 saturated carbocycles. The molecule has 2 unspecified atom stereocenters. The summed E-state index contributed by atoms with van der Waals surface area (Å²) in [5.74, 6) is -0.177. The van der Waals surface area contributed by atoms with Gasteiger partial charge in [-0.3, -0.25) is 4.79 Å². The molecule has 1 aromatic heterocycles. The van der Waals surface area contributed by atoms with Gasteiger partial charge in [-0.1, -0.05) is 0 Å². The molecule has 1 amide bonds.